The van der Waals surface area contributed by atoms with Crippen molar-refractivity contribution in [3.8, 4) is 0 Å². The molecule has 26 heavy (non-hydrogen) atoms. The third-order valence-corrected chi connectivity index (χ3v) is 7.34. The van der Waals surface area contributed by atoms with Gasteiger partial charge in [0.25, 0.3) is 0 Å². The van der Waals surface area contributed by atoms with Crippen molar-refractivity contribution in [3.63, 3.8) is 0 Å². The number of hydrogen-bond donors (Lipinski definition) is 0. The standard InChI is InChI=1S/C21H35N3O2/c1-20(2)13-17(20)19(26)24-12-6-8-21(16-24)7-5-9-22(15-21)14-18(25)23-10-3-4-11-23/h17H,3-16H2,1-2H3. The van der Waals surface area contributed by atoms with E-state index in [0.29, 0.717) is 18.4 Å². The number of hydrogen-bond acceptors (Lipinski definition) is 3. The first-order chi connectivity index (χ1) is 12.4. The zero-order chi connectivity index (χ0) is 18.4. The van der Waals surface area contributed by atoms with Gasteiger partial charge in [0.05, 0.1) is 6.54 Å². The van der Waals surface area contributed by atoms with E-state index >= 15 is 0 Å². The molecule has 5 heteroatoms. The van der Waals surface area contributed by atoms with Crippen LogP contribution >= 0.6 is 0 Å². The fourth-order valence-electron chi connectivity index (χ4n) is 5.54. The van der Waals surface area contributed by atoms with Crippen LogP contribution in [0.3, 0.4) is 0 Å². The van der Waals surface area contributed by atoms with Crippen molar-refractivity contribution >= 4 is 11.8 Å². The summed E-state index contributed by atoms with van der Waals surface area (Å²) in [5.41, 5.74) is 0.429. The van der Waals surface area contributed by atoms with Gasteiger partial charge < -0.3 is 9.80 Å². The third-order valence-electron chi connectivity index (χ3n) is 7.34. The number of nitrogens with zero attached hydrogens (tertiary/aromatic N) is 3. The molecule has 4 rings (SSSR count). The third kappa shape index (κ3) is 3.64. The lowest BCUT2D eigenvalue weighted by Gasteiger charge is -2.48. The first-order valence-corrected chi connectivity index (χ1v) is 10.7. The zero-order valence-electron chi connectivity index (χ0n) is 16.6. The van der Waals surface area contributed by atoms with Crippen LogP contribution in [-0.4, -0.2) is 72.3 Å². The highest BCUT2D eigenvalue weighted by molar-refractivity contribution is 5.82. The second-order valence-electron chi connectivity index (χ2n) is 10.0. The van der Waals surface area contributed by atoms with E-state index in [0.717, 1.165) is 71.4 Å². The Morgan fingerprint density at radius 1 is 0.885 bits per heavy atom. The normalized spacial score (nSPS) is 34.3. The molecule has 146 valence electrons. The van der Waals surface area contributed by atoms with Gasteiger partial charge in [0.1, 0.15) is 0 Å². The average Bonchev–Trinajstić information content (AvgIpc) is 3.00. The topological polar surface area (TPSA) is 43.9 Å². The average molecular weight is 362 g/mol. The molecule has 4 fully saturated rings. The molecule has 0 bridgehead atoms. The van der Waals surface area contributed by atoms with Crippen molar-refractivity contribution in [2.24, 2.45) is 16.7 Å². The maximum atomic E-state index is 12.9. The van der Waals surface area contributed by atoms with Crippen molar-refractivity contribution in [1.29, 1.82) is 0 Å². The Balaban J connectivity index is 1.36. The number of carbonyl (C=O) groups is 2. The minimum absolute atomic E-state index is 0.211. The van der Waals surface area contributed by atoms with Gasteiger partial charge in [-0.15, -0.1) is 0 Å². The molecule has 0 aromatic rings. The molecule has 3 aliphatic heterocycles. The molecule has 3 saturated heterocycles. The molecule has 0 aromatic heterocycles. The van der Waals surface area contributed by atoms with Crippen molar-refractivity contribution in [1.82, 2.24) is 14.7 Å². The Kier molecular flexibility index (Phi) is 4.79. The SMILES string of the molecule is CC1(C)CC1C(=O)N1CCCC2(CCCN(CC(=O)N3CCCC3)C2)C1. The fraction of sp³-hybridized carbons (Fsp3) is 0.905. The Labute approximate surface area is 158 Å². The van der Waals surface area contributed by atoms with Crippen LogP contribution in [0.5, 0.6) is 0 Å². The fourth-order valence-corrected chi connectivity index (χ4v) is 5.54. The number of likely N-dealkylation sites (tertiary alicyclic amines) is 3. The first-order valence-electron chi connectivity index (χ1n) is 10.7. The lowest BCUT2D eigenvalue weighted by molar-refractivity contribution is -0.139. The summed E-state index contributed by atoms with van der Waals surface area (Å²) in [5.74, 6) is 0.941. The van der Waals surface area contributed by atoms with Crippen LogP contribution in [0.4, 0.5) is 0 Å². The van der Waals surface area contributed by atoms with Gasteiger partial charge in [-0.25, -0.2) is 0 Å². The summed E-state index contributed by atoms with van der Waals surface area (Å²) in [5, 5.41) is 0. The van der Waals surface area contributed by atoms with Crippen molar-refractivity contribution < 1.29 is 9.59 Å². The van der Waals surface area contributed by atoms with E-state index in [1.165, 1.54) is 12.8 Å². The van der Waals surface area contributed by atoms with E-state index in [1.54, 1.807) is 0 Å². The largest absolute Gasteiger partial charge is 0.342 e. The van der Waals surface area contributed by atoms with Crippen molar-refractivity contribution in [2.75, 3.05) is 45.8 Å². The maximum absolute atomic E-state index is 12.9. The highest BCUT2D eigenvalue weighted by Gasteiger charge is 2.53. The van der Waals surface area contributed by atoms with Crippen LogP contribution in [0.25, 0.3) is 0 Å². The molecule has 2 atom stereocenters. The molecule has 1 spiro atoms. The van der Waals surface area contributed by atoms with Gasteiger partial charge in [0.2, 0.25) is 11.8 Å². The quantitative estimate of drug-likeness (QED) is 0.775. The summed E-state index contributed by atoms with van der Waals surface area (Å²) in [4.78, 5) is 32.0. The van der Waals surface area contributed by atoms with E-state index in [2.05, 4.69) is 23.6 Å². The summed E-state index contributed by atoms with van der Waals surface area (Å²) in [6.45, 7) is 10.7. The van der Waals surface area contributed by atoms with Gasteiger partial charge >= 0.3 is 0 Å². The van der Waals surface area contributed by atoms with E-state index in [1.807, 2.05) is 4.90 Å². The molecule has 4 aliphatic rings. The van der Waals surface area contributed by atoms with Crippen LogP contribution < -0.4 is 0 Å². The lowest BCUT2D eigenvalue weighted by atomic mass is 9.73. The molecular formula is C21H35N3O2. The van der Waals surface area contributed by atoms with Gasteiger partial charge in [-0.2, -0.15) is 0 Å². The highest BCUT2D eigenvalue weighted by Crippen LogP contribution is 2.53. The van der Waals surface area contributed by atoms with Gasteiger partial charge in [-0.1, -0.05) is 13.8 Å². The molecule has 0 N–H and O–H groups in total. The molecule has 1 saturated carbocycles. The van der Waals surface area contributed by atoms with Crippen LogP contribution in [0.2, 0.25) is 0 Å². The Bertz CT molecular complexity index is 566. The molecule has 2 unspecified atom stereocenters. The van der Waals surface area contributed by atoms with Crippen LogP contribution in [0.15, 0.2) is 0 Å². The van der Waals surface area contributed by atoms with E-state index in [9.17, 15) is 9.59 Å². The number of rotatable bonds is 3. The predicted molar refractivity (Wildman–Crippen MR) is 102 cm³/mol. The minimum atomic E-state index is 0.211. The molecule has 0 radical (unpaired) electrons. The molecular weight excluding hydrogens is 326 g/mol. The van der Waals surface area contributed by atoms with Crippen LogP contribution in [0, 0.1) is 16.7 Å². The second-order valence-corrected chi connectivity index (χ2v) is 10.0. The van der Waals surface area contributed by atoms with Crippen molar-refractivity contribution in [3.05, 3.63) is 0 Å². The first kappa shape index (κ1) is 18.3. The summed E-state index contributed by atoms with van der Waals surface area (Å²) < 4.78 is 0. The number of piperidine rings is 2. The summed E-state index contributed by atoms with van der Waals surface area (Å²) >= 11 is 0. The zero-order valence-corrected chi connectivity index (χ0v) is 16.6. The predicted octanol–water partition coefficient (Wildman–Crippen LogP) is 2.36. The number of amides is 2. The summed E-state index contributed by atoms with van der Waals surface area (Å²) in [7, 11) is 0. The Morgan fingerprint density at radius 2 is 1.50 bits per heavy atom. The molecule has 0 aromatic carbocycles. The minimum Gasteiger partial charge on any atom is -0.342 e. The monoisotopic (exact) mass is 361 g/mol. The summed E-state index contributed by atoms with van der Waals surface area (Å²) in [6.07, 6.45) is 8.05. The molecule has 1 aliphatic carbocycles. The number of carbonyl (C=O) groups excluding carboxylic acids is 2. The van der Waals surface area contributed by atoms with Gasteiger partial charge in [0, 0.05) is 44.1 Å². The van der Waals surface area contributed by atoms with Crippen molar-refractivity contribution in [2.45, 2.75) is 58.8 Å². The van der Waals surface area contributed by atoms with E-state index in [4.69, 9.17) is 0 Å². The van der Waals surface area contributed by atoms with Crippen LogP contribution in [-0.2, 0) is 9.59 Å². The van der Waals surface area contributed by atoms with Gasteiger partial charge in [0.15, 0.2) is 0 Å². The summed E-state index contributed by atoms with van der Waals surface area (Å²) in [6, 6.07) is 0. The molecule has 5 nitrogen and oxygen atoms in total. The lowest BCUT2D eigenvalue weighted by Crippen LogP contribution is -2.55. The van der Waals surface area contributed by atoms with Gasteiger partial charge in [-0.3, -0.25) is 14.5 Å². The second kappa shape index (κ2) is 6.81. The Hall–Kier alpha value is -1.10. The maximum Gasteiger partial charge on any atom is 0.236 e. The van der Waals surface area contributed by atoms with Crippen LogP contribution in [0.1, 0.15) is 58.8 Å². The van der Waals surface area contributed by atoms with Gasteiger partial charge in [-0.05, 0) is 56.9 Å². The highest BCUT2D eigenvalue weighted by atomic mass is 16.2. The van der Waals surface area contributed by atoms with E-state index < -0.39 is 0 Å². The van der Waals surface area contributed by atoms with E-state index in [-0.39, 0.29) is 16.7 Å². The molecule has 2 amide bonds. The Morgan fingerprint density at radius 3 is 2.15 bits per heavy atom. The smallest absolute Gasteiger partial charge is 0.236 e. The molecule has 3 heterocycles.